The number of halogens is 1. The number of benzene rings is 2. The van der Waals surface area contributed by atoms with Gasteiger partial charge in [0.25, 0.3) is 0 Å². The van der Waals surface area contributed by atoms with E-state index in [4.69, 9.17) is 21.3 Å². The summed E-state index contributed by atoms with van der Waals surface area (Å²) < 4.78 is 34.3. The molecule has 192 valence electrons. The topological polar surface area (TPSA) is 83.0 Å². The summed E-state index contributed by atoms with van der Waals surface area (Å²) in [6, 6.07) is 10.2. The lowest BCUT2D eigenvalue weighted by Gasteiger charge is -2.38. The van der Waals surface area contributed by atoms with Crippen molar-refractivity contribution in [1.29, 1.82) is 0 Å². The fraction of sp³-hybridized carbons (Fsp3) is 0.440. The van der Waals surface area contributed by atoms with Crippen LogP contribution in [0.4, 0.5) is 5.13 Å². The molecule has 1 aromatic heterocycles. The SMILES string of the molecule is COc1ccc(C)c2sc(N3CCN(C(=O)C4CCCN(S(=O)(=O)c5ccc(Cl)cc5)C4)CC3)nc12. The number of ether oxygens (including phenoxy) is 1. The van der Waals surface area contributed by atoms with E-state index in [0.29, 0.717) is 50.6 Å². The number of methoxy groups -OCH3 is 1. The van der Waals surface area contributed by atoms with Crippen molar-refractivity contribution in [2.24, 2.45) is 5.92 Å². The lowest BCUT2D eigenvalue weighted by Crippen LogP contribution is -2.53. The number of aryl methyl sites for hydroxylation is 1. The maximum atomic E-state index is 13.4. The highest BCUT2D eigenvalue weighted by molar-refractivity contribution is 7.89. The Hall–Kier alpha value is -2.40. The first-order valence-electron chi connectivity index (χ1n) is 12.0. The molecule has 1 amide bonds. The van der Waals surface area contributed by atoms with Gasteiger partial charge in [0.05, 0.1) is 22.6 Å². The zero-order valence-electron chi connectivity index (χ0n) is 20.3. The number of piperidine rings is 1. The van der Waals surface area contributed by atoms with Crippen LogP contribution >= 0.6 is 22.9 Å². The van der Waals surface area contributed by atoms with Gasteiger partial charge in [0.15, 0.2) is 5.13 Å². The summed E-state index contributed by atoms with van der Waals surface area (Å²) in [4.78, 5) is 22.5. The molecule has 0 aliphatic carbocycles. The number of nitrogens with zero attached hydrogens (tertiary/aromatic N) is 4. The molecule has 1 atom stereocenters. The number of aromatic nitrogens is 1. The number of fused-ring (bicyclic) bond motifs is 1. The molecule has 2 aliphatic heterocycles. The van der Waals surface area contributed by atoms with Crippen LogP contribution in [0.25, 0.3) is 10.2 Å². The maximum absolute atomic E-state index is 13.4. The van der Waals surface area contributed by atoms with Gasteiger partial charge >= 0.3 is 0 Å². The molecule has 2 fully saturated rings. The summed E-state index contributed by atoms with van der Waals surface area (Å²) in [6.45, 7) is 5.25. The molecule has 0 N–H and O–H groups in total. The van der Waals surface area contributed by atoms with Crippen molar-refractivity contribution in [3.8, 4) is 5.75 Å². The second-order valence-corrected chi connectivity index (χ2v) is 12.6. The Morgan fingerprint density at radius 3 is 2.50 bits per heavy atom. The van der Waals surface area contributed by atoms with E-state index in [1.165, 1.54) is 22.0 Å². The molecule has 8 nitrogen and oxygen atoms in total. The Labute approximate surface area is 220 Å². The highest BCUT2D eigenvalue weighted by Crippen LogP contribution is 2.36. The summed E-state index contributed by atoms with van der Waals surface area (Å²) >= 11 is 7.57. The third kappa shape index (κ3) is 4.79. The lowest BCUT2D eigenvalue weighted by molar-refractivity contribution is -0.137. The average molecular weight is 549 g/mol. The molecular weight excluding hydrogens is 520 g/mol. The zero-order valence-corrected chi connectivity index (χ0v) is 22.7. The van der Waals surface area contributed by atoms with Crippen molar-refractivity contribution < 1.29 is 17.9 Å². The van der Waals surface area contributed by atoms with Crippen molar-refractivity contribution in [3.05, 3.63) is 47.0 Å². The molecular formula is C25H29ClN4O4S2. The van der Waals surface area contributed by atoms with Crippen LogP contribution in [0.2, 0.25) is 5.02 Å². The lowest BCUT2D eigenvalue weighted by atomic mass is 9.98. The molecule has 2 aliphatic rings. The smallest absolute Gasteiger partial charge is 0.243 e. The highest BCUT2D eigenvalue weighted by Gasteiger charge is 2.36. The largest absolute Gasteiger partial charge is 0.494 e. The van der Waals surface area contributed by atoms with Gasteiger partial charge in [-0.25, -0.2) is 13.4 Å². The van der Waals surface area contributed by atoms with Crippen LogP contribution in [0.3, 0.4) is 0 Å². The van der Waals surface area contributed by atoms with E-state index in [2.05, 4.69) is 11.8 Å². The maximum Gasteiger partial charge on any atom is 0.243 e. The quantitative estimate of drug-likeness (QED) is 0.479. The number of hydrogen-bond donors (Lipinski definition) is 0. The first-order chi connectivity index (χ1) is 17.3. The molecule has 1 unspecified atom stereocenters. The summed E-state index contributed by atoms with van der Waals surface area (Å²) in [5, 5.41) is 1.42. The van der Waals surface area contributed by atoms with Gasteiger partial charge in [0.2, 0.25) is 15.9 Å². The molecule has 2 aromatic carbocycles. The van der Waals surface area contributed by atoms with Crippen molar-refractivity contribution in [3.63, 3.8) is 0 Å². The molecule has 3 heterocycles. The number of carbonyl (C=O) groups is 1. The Kier molecular flexibility index (Phi) is 7.13. The number of sulfonamides is 1. The van der Waals surface area contributed by atoms with Crippen LogP contribution in [0, 0.1) is 12.8 Å². The molecule has 5 rings (SSSR count). The first-order valence-corrected chi connectivity index (χ1v) is 14.6. The Balaban J connectivity index is 1.24. The molecule has 0 saturated carbocycles. The van der Waals surface area contributed by atoms with Crippen LogP contribution in [-0.2, 0) is 14.8 Å². The second-order valence-electron chi connectivity index (χ2n) is 9.23. The molecule has 11 heteroatoms. The number of thiazole rings is 1. The molecule has 36 heavy (non-hydrogen) atoms. The number of anilines is 1. The minimum absolute atomic E-state index is 0.0347. The standard InChI is InChI=1S/C25H29ClN4O4S2/c1-17-5-10-21(34-2)22-23(17)35-25(27-22)29-14-12-28(13-15-29)24(31)18-4-3-11-30(16-18)36(32,33)20-8-6-19(26)7-9-20/h5-10,18H,3-4,11-16H2,1-2H3. The molecule has 2 saturated heterocycles. The molecule has 0 spiro atoms. The van der Waals surface area contributed by atoms with Gasteiger partial charge < -0.3 is 14.5 Å². The van der Waals surface area contributed by atoms with E-state index >= 15 is 0 Å². The van der Waals surface area contributed by atoms with E-state index in [1.54, 1.807) is 30.6 Å². The van der Waals surface area contributed by atoms with E-state index in [1.807, 2.05) is 17.0 Å². The third-order valence-electron chi connectivity index (χ3n) is 6.96. The van der Waals surface area contributed by atoms with E-state index in [9.17, 15) is 13.2 Å². The van der Waals surface area contributed by atoms with E-state index < -0.39 is 10.0 Å². The van der Waals surface area contributed by atoms with Crippen molar-refractivity contribution in [1.82, 2.24) is 14.2 Å². The van der Waals surface area contributed by atoms with Crippen molar-refractivity contribution in [2.75, 3.05) is 51.3 Å². The minimum Gasteiger partial charge on any atom is -0.494 e. The fourth-order valence-corrected chi connectivity index (χ4v) is 7.65. The van der Waals surface area contributed by atoms with Gasteiger partial charge in [-0.2, -0.15) is 4.31 Å². The van der Waals surface area contributed by atoms with Gasteiger partial charge in [-0.1, -0.05) is 29.0 Å². The average Bonchev–Trinajstić information content (AvgIpc) is 3.36. The number of hydrogen-bond acceptors (Lipinski definition) is 7. The molecule has 3 aromatic rings. The summed E-state index contributed by atoms with van der Waals surface area (Å²) in [5.74, 6) is 0.469. The fourth-order valence-electron chi connectivity index (χ4n) is 4.89. The number of amides is 1. The van der Waals surface area contributed by atoms with Gasteiger partial charge in [0.1, 0.15) is 11.3 Å². The van der Waals surface area contributed by atoms with E-state index in [0.717, 1.165) is 21.1 Å². The Bertz CT molecular complexity index is 1370. The van der Waals surface area contributed by atoms with Gasteiger partial charge in [-0.3, -0.25) is 4.79 Å². The number of rotatable bonds is 5. The van der Waals surface area contributed by atoms with Crippen LogP contribution in [0.1, 0.15) is 18.4 Å². The monoisotopic (exact) mass is 548 g/mol. The van der Waals surface area contributed by atoms with E-state index in [-0.39, 0.29) is 23.3 Å². The van der Waals surface area contributed by atoms with Gasteiger partial charge in [0, 0.05) is 44.3 Å². The highest BCUT2D eigenvalue weighted by atomic mass is 35.5. The van der Waals surface area contributed by atoms with Crippen LogP contribution in [0.5, 0.6) is 5.75 Å². The predicted molar refractivity (Wildman–Crippen MR) is 143 cm³/mol. The van der Waals surface area contributed by atoms with Crippen LogP contribution in [-0.4, -0.2) is 74.9 Å². The first kappa shape index (κ1) is 25.3. The molecule has 0 bridgehead atoms. The molecule has 0 radical (unpaired) electrons. The second kappa shape index (κ2) is 10.2. The number of piperazine rings is 1. The van der Waals surface area contributed by atoms with Crippen molar-refractivity contribution in [2.45, 2.75) is 24.7 Å². The normalized spacial score (nSPS) is 19.6. The Morgan fingerprint density at radius 2 is 1.81 bits per heavy atom. The van der Waals surface area contributed by atoms with Crippen molar-refractivity contribution >= 4 is 54.2 Å². The summed E-state index contributed by atoms with van der Waals surface area (Å²) in [7, 11) is -2.01. The Morgan fingerprint density at radius 1 is 1.08 bits per heavy atom. The predicted octanol–water partition coefficient (Wildman–Crippen LogP) is 4.02. The van der Waals surface area contributed by atoms with Gasteiger partial charge in [-0.05, 0) is 55.7 Å². The van der Waals surface area contributed by atoms with Crippen LogP contribution < -0.4 is 9.64 Å². The zero-order chi connectivity index (χ0) is 25.4. The summed E-state index contributed by atoms with van der Waals surface area (Å²) in [6.07, 6.45) is 1.36. The summed E-state index contributed by atoms with van der Waals surface area (Å²) in [5.41, 5.74) is 2.04. The number of carbonyl (C=O) groups excluding carboxylic acids is 1. The van der Waals surface area contributed by atoms with Crippen LogP contribution in [0.15, 0.2) is 41.3 Å². The van der Waals surface area contributed by atoms with Gasteiger partial charge in [-0.15, -0.1) is 0 Å². The third-order valence-corrected chi connectivity index (χ3v) is 10.3. The minimum atomic E-state index is -3.66.